The summed E-state index contributed by atoms with van der Waals surface area (Å²) >= 11 is 0. The molecule has 3 nitrogen and oxygen atoms in total. The predicted octanol–water partition coefficient (Wildman–Crippen LogP) is 2.24. The third-order valence-electron chi connectivity index (χ3n) is 4.22. The second-order valence-corrected chi connectivity index (χ2v) is 5.67. The lowest BCUT2D eigenvalue weighted by atomic mass is 9.98. The lowest BCUT2D eigenvalue weighted by molar-refractivity contribution is -0.120. The maximum Gasteiger partial charge on any atom is 0.224 e. The Labute approximate surface area is 115 Å². The molecular weight excluding hydrogens is 236 g/mol. The molecule has 0 aliphatic heterocycles. The van der Waals surface area contributed by atoms with E-state index in [4.69, 9.17) is 5.73 Å². The van der Waals surface area contributed by atoms with Gasteiger partial charge in [0.15, 0.2) is 0 Å². The first kappa shape index (κ1) is 14.1. The summed E-state index contributed by atoms with van der Waals surface area (Å²) in [5, 5.41) is 3.07. The van der Waals surface area contributed by atoms with E-state index >= 15 is 0 Å². The van der Waals surface area contributed by atoms with Crippen LogP contribution in [-0.4, -0.2) is 12.5 Å². The fraction of sp³-hybridized carbons (Fsp3) is 0.562. The third kappa shape index (κ3) is 4.06. The zero-order chi connectivity index (χ0) is 13.7. The zero-order valence-electron chi connectivity index (χ0n) is 11.7. The van der Waals surface area contributed by atoms with Gasteiger partial charge >= 0.3 is 0 Å². The van der Waals surface area contributed by atoms with Crippen LogP contribution in [0.4, 0.5) is 0 Å². The monoisotopic (exact) mass is 260 g/mol. The summed E-state index contributed by atoms with van der Waals surface area (Å²) in [6.45, 7) is 3.67. The van der Waals surface area contributed by atoms with Crippen molar-refractivity contribution in [3.63, 3.8) is 0 Å². The molecule has 0 radical (unpaired) electrons. The van der Waals surface area contributed by atoms with Crippen molar-refractivity contribution < 1.29 is 4.79 Å². The Balaban J connectivity index is 1.77. The van der Waals surface area contributed by atoms with Crippen LogP contribution < -0.4 is 11.1 Å². The number of carbonyl (C=O) groups is 1. The van der Waals surface area contributed by atoms with Crippen LogP contribution >= 0.6 is 0 Å². The second-order valence-electron chi connectivity index (χ2n) is 5.67. The Hall–Kier alpha value is -1.35. The molecule has 2 rings (SSSR count). The van der Waals surface area contributed by atoms with Gasteiger partial charge in [0.1, 0.15) is 0 Å². The summed E-state index contributed by atoms with van der Waals surface area (Å²) in [4.78, 5) is 11.9. The number of benzene rings is 1. The number of amides is 1. The number of rotatable bonds is 5. The first-order valence-electron chi connectivity index (χ1n) is 7.23. The predicted molar refractivity (Wildman–Crippen MR) is 77.6 cm³/mol. The van der Waals surface area contributed by atoms with E-state index in [0.717, 1.165) is 23.6 Å². The molecule has 0 aromatic heterocycles. The van der Waals surface area contributed by atoms with E-state index in [9.17, 15) is 4.79 Å². The Kier molecular flexibility index (Phi) is 4.97. The van der Waals surface area contributed by atoms with E-state index in [2.05, 4.69) is 12.2 Å². The topological polar surface area (TPSA) is 55.1 Å². The van der Waals surface area contributed by atoms with Gasteiger partial charge in [-0.25, -0.2) is 0 Å². The molecule has 0 bridgehead atoms. The molecule has 19 heavy (non-hydrogen) atoms. The largest absolute Gasteiger partial charge is 0.356 e. The third-order valence-corrected chi connectivity index (χ3v) is 4.22. The van der Waals surface area contributed by atoms with Gasteiger partial charge in [0.2, 0.25) is 5.91 Å². The van der Waals surface area contributed by atoms with Crippen molar-refractivity contribution in [2.24, 2.45) is 17.6 Å². The van der Waals surface area contributed by atoms with Crippen LogP contribution in [0.25, 0.3) is 0 Å². The highest BCUT2D eigenvalue weighted by atomic mass is 16.1. The van der Waals surface area contributed by atoms with Gasteiger partial charge in [-0.1, -0.05) is 44.0 Å². The van der Waals surface area contributed by atoms with Crippen LogP contribution in [-0.2, 0) is 17.8 Å². The Morgan fingerprint density at radius 3 is 2.53 bits per heavy atom. The normalized spacial score (nSPS) is 22.4. The minimum atomic E-state index is 0.125. The number of hydrogen-bond donors (Lipinski definition) is 2. The SMILES string of the molecule is CC1CCCC1CNC(=O)Cc1ccc(CN)cc1. The van der Waals surface area contributed by atoms with Gasteiger partial charge in [-0.2, -0.15) is 0 Å². The summed E-state index contributed by atoms with van der Waals surface area (Å²) in [5.74, 6) is 1.55. The average molecular weight is 260 g/mol. The van der Waals surface area contributed by atoms with E-state index in [-0.39, 0.29) is 5.91 Å². The van der Waals surface area contributed by atoms with Crippen molar-refractivity contribution in [1.82, 2.24) is 5.32 Å². The molecule has 2 unspecified atom stereocenters. The summed E-state index contributed by atoms with van der Waals surface area (Å²) in [5.41, 5.74) is 7.70. The van der Waals surface area contributed by atoms with Crippen molar-refractivity contribution in [2.45, 2.75) is 39.2 Å². The molecule has 1 aromatic carbocycles. The quantitative estimate of drug-likeness (QED) is 0.853. The van der Waals surface area contributed by atoms with Gasteiger partial charge in [0, 0.05) is 13.1 Å². The van der Waals surface area contributed by atoms with E-state index in [0.29, 0.717) is 18.9 Å². The number of carbonyl (C=O) groups excluding carboxylic acids is 1. The van der Waals surface area contributed by atoms with Gasteiger partial charge in [0.05, 0.1) is 6.42 Å². The highest BCUT2D eigenvalue weighted by molar-refractivity contribution is 5.78. The molecule has 1 aromatic rings. The molecule has 1 fully saturated rings. The smallest absolute Gasteiger partial charge is 0.224 e. The van der Waals surface area contributed by atoms with Crippen LogP contribution in [0, 0.1) is 11.8 Å². The van der Waals surface area contributed by atoms with Crippen molar-refractivity contribution in [2.75, 3.05) is 6.54 Å². The van der Waals surface area contributed by atoms with Gasteiger partial charge in [-0.3, -0.25) is 4.79 Å². The Bertz CT molecular complexity index is 413. The van der Waals surface area contributed by atoms with Gasteiger partial charge in [-0.05, 0) is 29.4 Å². The highest BCUT2D eigenvalue weighted by Gasteiger charge is 2.23. The number of hydrogen-bond acceptors (Lipinski definition) is 2. The fourth-order valence-corrected chi connectivity index (χ4v) is 2.81. The first-order chi connectivity index (χ1) is 9.19. The van der Waals surface area contributed by atoms with E-state index in [1.54, 1.807) is 0 Å². The Morgan fingerprint density at radius 2 is 1.95 bits per heavy atom. The van der Waals surface area contributed by atoms with Crippen molar-refractivity contribution in [1.29, 1.82) is 0 Å². The van der Waals surface area contributed by atoms with Gasteiger partial charge in [-0.15, -0.1) is 0 Å². The maximum atomic E-state index is 11.9. The maximum absolute atomic E-state index is 11.9. The van der Waals surface area contributed by atoms with Gasteiger partial charge in [0.25, 0.3) is 0 Å². The average Bonchev–Trinajstić information content (AvgIpc) is 2.83. The minimum absolute atomic E-state index is 0.125. The van der Waals surface area contributed by atoms with Crippen molar-refractivity contribution >= 4 is 5.91 Å². The van der Waals surface area contributed by atoms with E-state index < -0.39 is 0 Å². The molecule has 3 heteroatoms. The highest BCUT2D eigenvalue weighted by Crippen LogP contribution is 2.30. The molecule has 1 saturated carbocycles. The molecule has 1 aliphatic rings. The van der Waals surface area contributed by atoms with Crippen LogP contribution in [0.3, 0.4) is 0 Å². The first-order valence-corrected chi connectivity index (χ1v) is 7.23. The van der Waals surface area contributed by atoms with E-state index in [1.165, 1.54) is 19.3 Å². The Morgan fingerprint density at radius 1 is 1.26 bits per heavy atom. The van der Waals surface area contributed by atoms with Crippen molar-refractivity contribution in [3.05, 3.63) is 35.4 Å². The van der Waals surface area contributed by atoms with Crippen LogP contribution in [0.15, 0.2) is 24.3 Å². The summed E-state index contributed by atoms with van der Waals surface area (Å²) in [7, 11) is 0. The summed E-state index contributed by atoms with van der Waals surface area (Å²) < 4.78 is 0. The molecule has 0 saturated heterocycles. The molecular formula is C16H24N2O. The summed E-state index contributed by atoms with van der Waals surface area (Å²) in [6, 6.07) is 7.95. The standard InChI is InChI=1S/C16H24N2O/c1-12-3-2-4-15(12)11-18-16(19)9-13-5-7-14(10-17)8-6-13/h5-8,12,15H,2-4,9-11,17H2,1H3,(H,18,19). The summed E-state index contributed by atoms with van der Waals surface area (Å²) in [6.07, 6.45) is 4.34. The molecule has 0 heterocycles. The lowest BCUT2D eigenvalue weighted by Crippen LogP contribution is -2.31. The van der Waals surface area contributed by atoms with Crippen molar-refractivity contribution in [3.8, 4) is 0 Å². The van der Waals surface area contributed by atoms with Crippen LogP contribution in [0.5, 0.6) is 0 Å². The molecule has 3 N–H and O–H groups in total. The molecule has 1 aliphatic carbocycles. The second kappa shape index (κ2) is 6.71. The van der Waals surface area contributed by atoms with Gasteiger partial charge < -0.3 is 11.1 Å². The molecule has 0 spiro atoms. The molecule has 2 atom stereocenters. The molecule has 1 amide bonds. The lowest BCUT2D eigenvalue weighted by Gasteiger charge is -2.15. The number of nitrogens with two attached hydrogens (primary N) is 1. The van der Waals surface area contributed by atoms with Crippen LogP contribution in [0.2, 0.25) is 0 Å². The zero-order valence-corrected chi connectivity index (χ0v) is 11.7. The molecule has 104 valence electrons. The number of nitrogens with one attached hydrogen (secondary N) is 1. The van der Waals surface area contributed by atoms with E-state index in [1.807, 2.05) is 24.3 Å². The fourth-order valence-electron chi connectivity index (χ4n) is 2.81. The minimum Gasteiger partial charge on any atom is -0.356 e. The van der Waals surface area contributed by atoms with Crippen LogP contribution in [0.1, 0.15) is 37.3 Å².